The van der Waals surface area contributed by atoms with E-state index in [2.05, 4.69) is 39.1 Å². The van der Waals surface area contributed by atoms with Gasteiger partial charge in [0.05, 0.1) is 0 Å². The molecule has 0 aromatic carbocycles. The van der Waals surface area contributed by atoms with Crippen LogP contribution >= 0.6 is 0 Å². The Balaban J connectivity index is 1.94. The maximum atomic E-state index is 4.42. The van der Waals surface area contributed by atoms with Gasteiger partial charge in [-0.15, -0.1) is 0 Å². The Bertz CT molecular complexity index is 428. The topological polar surface area (TPSA) is 47.5 Å². The van der Waals surface area contributed by atoms with Crippen molar-refractivity contribution in [2.45, 2.75) is 19.4 Å². The fourth-order valence-electron chi connectivity index (χ4n) is 2.72. The van der Waals surface area contributed by atoms with Crippen molar-refractivity contribution in [1.82, 2.24) is 19.8 Å². The van der Waals surface area contributed by atoms with Crippen LogP contribution in [0.4, 0.5) is 11.6 Å². The van der Waals surface area contributed by atoms with Gasteiger partial charge in [0.25, 0.3) is 0 Å². The number of nitrogens with zero attached hydrogens (tertiary/aromatic N) is 5. The standard InChI is InChI=1S/C15H28N6/c1-5-13(21-10-8-20(4)9-11-21)12-18-14-15(19(2)3)17-7-6-16-14/h6-7,13H,5,8-12H2,1-4H3,(H,16,18). The summed E-state index contributed by atoms with van der Waals surface area (Å²) in [5.74, 6) is 1.76. The Morgan fingerprint density at radius 2 is 1.86 bits per heavy atom. The van der Waals surface area contributed by atoms with Crippen LogP contribution < -0.4 is 10.2 Å². The van der Waals surface area contributed by atoms with Crippen LogP contribution in [0.15, 0.2) is 12.4 Å². The highest BCUT2D eigenvalue weighted by Crippen LogP contribution is 2.18. The molecule has 0 radical (unpaired) electrons. The largest absolute Gasteiger partial charge is 0.365 e. The molecule has 1 atom stereocenters. The van der Waals surface area contributed by atoms with Crippen LogP contribution in [0, 0.1) is 0 Å². The summed E-state index contributed by atoms with van der Waals surface area (Å²) in [4.78, 5) is 15.8. The molecular formula is C15H28N6. The molecule has 0 spiro atoms. The Morgan fingerprint density at radius 3 is 2.48 bits per heavy atom. The van der Waals surface area contributed by atoms with Crippen LogP contribution in [-0.2, 0) is 0 Å². The zero-order valence-corrected chi connectivity index (χ0v) is 13.7. The van der Waals surface area contributed by atoms with E-state index >= 15 is 0 Å². The molecule has 0 saturated carbocycles. The van der Waals surface area contributed by atoms with Crippen molar-refractivity contribution in [3.63, 3.8) is 0 Å². The maximum absolute atomic E-state index is 4.42. The van der Waals surface area contributed by atoms with Crippen molar-refractivity contribution in [2.24, 2.45) is 0 Å². The molecule has 0 amide bonds. The molecule has 1 aromatic rings. The zero-order chi connectivity index (χ0) is 15.2. The Morgan fingerprint density at radius 1 is 1.19 bits per heavy atom. The summed E-state index contributed by atoms with van der Waals surface area (Å²) >= 11 is 0. The molecule has 6 heteroatoms. The van der Waals surface area contributed by atoms with E-state index in [4.69, 9.17) is 0 Å². The molecule has 0 bridgehead atoms. The molecule has 1 unspecified atom stereocenters. The second-order valence-corrected chi connectivity index (χ2v) is 5.91. The number of hydrogen-bond donors (Lipinski definition) is 1. The van der Waals surface area contributed by atoms with E-state index in [1.807, 2.05) is 19.0 Å². The molecule has 2 rings (SSSR count). The minimum atomic E-state index is 0.552. The van der Waals surface area contributed by atoms with Crippen molar-refractivity contribution in [3.8, 4) is 0 Å². The van der Waals surface area contributed by atoms with Crippen LogP contribution in [0.5, 0.6) is 0 Å². The number of anilines is 2. The summed E-state index contributed by atoms with van der Waals surface area (Å²) in [6.45, 7) is 7.79. The fourth-order valence-corrected chi connectivity index (χ4v) is 2.72. The summed E-state index contributed by atoms with van der Waals surface area (Å²) in [5.41, 5.74) is 0. The first-order valence-corrected chi connectivity index (χ1v) is 7.76. The molecule has 2 heterocycles. The summed E-state index contributed by atoms with van der Waals surface area (Å²) in [7, 11) is 6.18. The molecule has 118 valence electrons. The lowest BCUT2D eigenvalue weighted by molar-refractivity contribution is 0.114. The normalized spacial score (nSPS) is 18.5. The van der Waals surface area contributed by atoms with Crippen molar-refractivity contribution in [1.29, 1.82) is 0 Å². The quantitative estimate of drug-likeness (QED) is 0.843. The van der Waals surface area contributed by atoms with Gasteiger partial charge in [-0.05, 0) is 13.5 Å². The van der Waals surface area contributed by atoms with Crippen LogP contribution in [0.1, 0.15) is 13.3 Å². The molecule has 0 aliphatic carbocycles. The van der Waals surface area contributed by atoms with Crippen molar-refractivity contribution < 1.29 is 0 Å². The van der Waals surface area contributed by atoms with Crippen molar-refractivity contribution in [2.75, 3.05) is 64.1 Å². The van der Waals surface area contributed by atoms with Crippen LogP contribution in [-0.4, -0.2) is 79.7 Å². The molecular weight excluding hydrogens is 264 g/mol. The predicted molar refractivity (Wildman–Crippen MR) is 88.0 cm³/mol. The third-order valence-corrected chi connectivity index (χ3v) is 4.13. The van der Waals surface area contributed by atoms with E-state index in [9.17, 15) is 0 Å². The van der Waals surface area contributed by atoms with Gasteiger partial charge in [0, 0.05) is 65.3 Å². The minimum Gasteiger partial charge on any atom is -0.365 e. The molecule has 1 aromatic heterocycles. The van der Waals surface area contributed by atoms with Gasteiger partial charge in [0.15, 0.2) is 11.6 Å². The van der Waals surface area contributed by atoms with E-state index in [1.54, 1.807) is 12.4 Å². The van der Waals surface area contributed by atoms with Crippen molar-refractivity contribution in [3.05, 3.63) is 12.4 Å². The molecule has 1 aliphatic rings. The van der Waals surface area contributed by atoms with Gasteiger partial charge >= 0.3 is 0 Å². The first kappa shape index (κ1) is 16.0. The molecule has 1 saturated heterocycles. The van der Waals surface area contributed by atoms with Gasteiger partial charge in [0.1, 0.15) is 0 Å². The Kier molecular flexibility index (Phi) is 5.76. The van der Waals surface area contributed by atoms with Crippen molar-refractivity contribution >= 4 is 11.6 Å². The molecule has 6 nitrogen and oxygen atoms in total. The first-order valence-electron chi connectivity index (χ1n) is 7.76. The molecule has 21 heavy (non-hydrogen) atoms. The predicted octanol–water partition coefficient (Wildman–Crippen LogP) is 0.981. The highest BCUT2D eigenvalue weighted by atomic mass is 15.3. The number of hydrogen-bond acceptors (Lipinski definition) is 6. The van der Waals surface area contributed by atoms with Crippen LogP contribution in [0.2, 0.25) is 0 Å². The first-order chi connectivity index (χ1) is 10.1. The van der Waals surface area contributed by atoms with E-state index < -0.39 is 0 Å². The lowest BCUT2D eigenvalue weighted by Gasteiger charge is -2.37. The molecule has 1 aliphatic heterocycles. The SMILES string of the molecule is CCC(CNc1nccnc1N(C)C)N1CCN(C)CC1. The van der Waals surface area contributed by atoms with E-state index in [0.29, 0.717) is 6.04 Å². The molecule has 1 fully saturated rings. The highest BCUT2D eigenvalue weighted by molar-refractivity contribution is 5.59. The summed E-state index contributed by atoms with van der Waals surface area (Å²) in [6, 6.07) is 0.552. The number of piperazine rings is 1. The van der Waals surface area contributed by atoms with Crippen LogP contribution in [0.3, 0.4) is 0 Å². The Labute approximate surface area is 128 Å². The third-order valence-electron chi connectivity index (χ3n) is 4.13. The smallest absolute Gasteiger partial charge is 0.171 e. The van der Waals surface area contributed by atoms with Crippen LogP contribution in [0.25, 0.3) is 0 Å². The Hall–Kier alpha value is -1.40. The second-order valence-electron chi connectivity index (χ2n) is 5.91. The summed E-state index contributed by atoms with van der Waals surface area (Å²) < 4.78 is 0. The van der Waals surface area contributed by atoms with Gasteiger partial charge < -0.3 is 15.1 Å². The number of rotatable bonds is 6. The van der Waals surface area contributed by atoms with E-state index in [0.717, 1.165) is 50.8 Å². The maximum Gasteiger partial charge on any atom is 0.171 e. The summed E-state index contributed by atoms with van der Waals surface area (Å²) in [6.07, 6.45) is 4.62. The zero-order valence-electron chi connectivity index (χ0n) is 13.7. The lowest BCUT2D eigenvalue weighted by atomic mass is 10.1. The summed E-state index contributed by atoms with van der Waals surface area (Å²) in [5, 5.41) is 3.48. The highest BCUT2D eigenvalue weighted by Gasteiger charge is 2.21. The second kappa shape index (κ2) is 7.56. The third kappa shape index (κ3) is 4.28. The monoisotopic (exact) mass is 292 g/mol. The lowest BCUT2D eigenvalue weighted by Crippen LogP contribution is -2.50. The van der Waals surface area contributed by atoms with Gasteiger partial charge in [-0.1, -0.05) is 6.92 Å². The number of aromatic nitrogens is 2. The minimum absolute atomic E-state index is 0.552. The molecule has 1 N–H and O–H groups in total. The fraction of sp³-hybridized carbons (Fsp3) is 0.733. The number of likely N-dealkylation sites (N-methyl/N-ethyl adjacent to an activating group) is 1. The van der Waals surface area contributed by atoms with E-state index in [1.165, 1.54) is 0 Å². The average molecular weight is 292 g/mol. The van der Waals surface area contributed by atoms with Gasteiger partial charge in [-0.2, -0.15) is 0 Å². The van der Waals surface area contributed by atoms with Gasteiger partial charge in [-0.3, -0.25) is 4.90 Å². The van der Waals surface area contributed by atoms with E-state index in [-0.39, 0.29) is 0 Å². The van der Waals surface area contributed by atoms with Gasteiger partial charge in [-0.25, -0.2) is 9.97 Å². The average Bonchev–Trinajstić information content (AvgIpc) is 2.50. The number of nitrogens with one attached hydrogen (secondary N) is 1. The van der Waals surface area contributed by atoms with Gasteiger partial charge in [0.2, 0.25) is 0 Å².